The molecule has 3 heteroatoms. The Morgan fingerprint density at radius 2 is 1.04 bits per heavy atom. The second-order valence-corrected chi connectivity index (χ2v) is 6.18. The molecule has 0 atom stereocenters. The zero-order valence-electron chi connectivity index (χ0n) is 14.7. The lowest BCUT2D eigenvalue weighted by Crippen LogP contribution is -2.05. The fourth-order valence-electron chi connectivity index (χ4n) is 3.28. The molecule has 0 saturated carbocycles. The summed E-state index contributed by atoms with van der Waals surface area (Å²) in [4.78, 5) is 9.15. The number of pyridine rings is 2. The number of benzene rings is 2. The number of rotatable bonds is 4. The fraction of sp³-hybridized carbons (Fsp3) is 0.0417. The Morgan fingerprint density at radius 1 is 0.593 bits per heavy atom. The average molecular weight is 347 g/mol. The quantitative estimate of drug-likeness (QED) is 0.492. The molecule has 2 aromatic carbocycles. The van der Waals surface area contributed by atoms with E-state index < -0.39 is 5.92 Å². The maximum absolute atomic E-state index is 10.1. The molecule has 0 saturated heterocycles. The summed E-state index contributed by atoms with van der Waals surface area (Å²) in [5.74, 6) is -0.460. The second kappa shape index (κ2) is 7.63. The molecule has 3 nitrogen and oxygen atoms in total. The Hall–Kier alpha value is -3.77. The first-order valence-electron chi connectivity index (χ1n) is 8.79. The molecule has 2 aromatic heterocycles. The summed E-state index contributed by atoms with van der Waals surface area (Å²) in [5.41, 5.74) is 5.42. The first-order chi connectivity index (χ1) is 13.4. The lowest BCUT2D eigenvalue weighted by molar-refractivity contribution is 1.01. The van der Waals surface area contributed by atoms with Gasteiger partial charge < -0.3 is 0 Å². The van der Waals surface area contributed by atoms with Crippen LogP contribution in [0.3, 0.4) is 0 Å². The molecule has 0 aliphatic rings. The van der Waals surface area contributed by atoms with Gasteiger partial charge in [0.15, 0.2) is 0 Å². The van der Waals surface area contributed by atoms with Gasteiger partial charge in [-0.1, -0.05) is 72.8 Å². The second-order valence-electron chi connectivity index (χ2n) is 6.18. The molecule has 0 fully saturated rings. The summed E-state index contributed by atoms with van der Waals surface area (Å²) in [6, 6.07) is 30.1. The molecular formula is C24H17N3. The third-order valence-corrected chi connectivity index (χ3v) is 4.52. The van der Waals surface area contributed by atoms with Crippen LogP contribution in [0.2, 0.25) is 0 Å². The van der Waals surface area contributed by atoms with Crippen LogP contribution in [-0.4, -0.2) is 9.97 Å². The van der Waals surface area contributed by atoms with Crippen LogP contribution in [0.25, 0.3) is 22.5 Å². The van der Waals surface area contributed by atoms with E-state index in [1.807, 2.05) is 84.9 Å². The van der Waals surface area contributed by atoms with Gasteiger partial charge in [-0.2, -0.15) is 5.26 Å². The molecule has 2 heterocycles. The summed E-state index contributed by atoms with van der Waals surface area (Å²) < 4.78 is 0. The predicted octanol–water partition coefficient (Wildman–Crippen LogP) is 5.47. The van der Waals surface area contributed by atoms with Crippen molar-refractivity contribution in [3.63, 3.8) is 0 Å². The number of nitrogens with zero attached hydrogens (tertiary/aromatic N) is 3. The van der Waals surface area contributed by atoms with Crippen molar-refractivity contribution >= 4 is 0 Å². The van der Waals surface area contributed by atoms with Gasteiger partial charge in [0, 0.05) is 34.6 Å². The topological polar surface area (TPSA) is 49.6 Å². The number of aromatic nitrogens is 2. The highest BCUT2D eigenvalue weighted by Gasteiger charge is 2.22. The Kier molecular flexibility index (Phi) is 4.72. The molecule has 0 amide bonds. The van der Waals surface area contributed by atoms with Crippen LogP contribution in [0.15, 0.2) is 97.3 Å². The standard InChI is InChI=1S/C24H17N3/c25-17-22(20-13-7-15-26-23(20)18-9-3-1-4-10-18)21-14-8-16-27-24(21)19-11-5-2-6-12-19/h1-16,22H. The van der Waals surface area contributed by atoms with Crippen LogP contribution in [0.5, 0.6) is 0 Å². The van der Waals surface area contributed by atoms with Crippen LogP contribution in [0.4, 0.5) is 0 Å². The van der Waals surface area contributed by atoms with Crippen molar-refractivity contribution in [1.82, 2.24) is 9.97 Å². The zero-order chi connectivity index (χ0) is 18.5. The molecule has 0 spiro atoms. The minimum Gasteiger partial charge on any atom is -0.256 e. The van der Waals surface area contributed by atoms with Gasteiger partial charge in [-0.3, -0.25) is 9.97 Å². The van der Waals surface area contributed by atoms with Crippen LogP contribution < -0.4 is 0 Å². The summed E-state index contributed by atoms with van der Waals surface area (Å²) in [5, 5.41) is 10.1. The number of hydrogen-bond donors (Lipinski definition) is 0. The first kappa shape index (κ1) is 16.7. The van der Waals surface area contributed by atoms with Crippen LogP contribution in [-0.2, 0) is 0 Å². The molecule has 0 radical (unpaired) electrons. The van der Waals surface area contributed by atoms with Crippen molar-refractivity contribution < 1.29 is 0 Å². The van der Waals surface area contributed by atoms with Gasteiger partial charge >= 0.3 is 0 Å². The number of nitriles is 1. The highest BCUT2D eigenvalue weighted by atomic mass is 14.7. The highest BCUT2D eigenvalue weighted by molar-refractivity contribution is 5.70. The lowest BCUT2D eigenvalue weighted by Gasteiger charge is -2.17. The Morgan fingerprint density at radius 3 is 1.44 bits per heavy atom. The predicted molar refractivity (Wildman–Crippen MR) is 107 cm³/mol. The van der Waals surface area contributed by atoms with Gasteiger partial charge in [0.25, 0.3) is 0 Å². The van der Waals surface area contributed by atoms with Crippen molar-refractivity contribution in [2.45, 2.75) is 5.92 Å². The molecule has 27 heavy (non-hydrogen) atoms. The summed E-state index contributed by atoms with van der Waals surface area (Å²) in [6.45, 7) is 0. The van der Waals surface area contributed by atoms with Crippen molar-refractivity contribution in [2.75, 3.05) is 0 Å². The molecule has 4 aromatic rings. The molecule has 128 valence electrons. The maximum Gasteiger partial charge on any atom is 0.100 e. The monoisotopic (exact) mass is 347 g/mol. The molecule has 4 rings (SSSR count). The van der Waals surface area contributed by atoms with E-state index in [1.54, 1.807) is 12.4 Å². The third kappa shape index (κ3) is 3.33. The van der Waals surface area contributed by atoms with Crippen LogP contribution >= 0.6 is 0 Å². The van der Waals surface area contributed by atoms with Crippen molar-refractivity contribution in [3.8, 4) is 28.6 Å². The Balaban J connectivity index is 1.88. The first-order valence-corrected chi connectivity index (χ1v) is 8.79. The van der Waals surface area contributed by atoms with Crippen molar-refractivity contribution in [2.24, 2.45) is 0 Å². The van der Waals surface area contributed by atoms with E-state index in [0.717, 1.165) is 33.6 Å². The SMILES string of the molecule is N#CC(c1cccnc1-c1ccccc1)c1cccnc1-c1ccccc1. The number of hydrogen-bond acceptors (Lipinski definition) is 3. The molecule has 0 N–H and O–H groups in total. The largest absolute Gasteiger partial charge is 0.256 e. The maximum atomic E-state index is 10.1. The van der Waals surface area contributed by atoms with Crippen molar-refractivity contribution in [3.05, 3.63) is 108 Å². The normalized spacial score (nSPS) is 10.5. The van der Waals surface area contributed by atoms with E-state index in [0.29, 0.717) is 0 Å². The van der Waals surface area contributed by atoms with Gasteiger partial charge in [-0.15, -0.1) is 0 Å². The lowest BCUT2D eigenvalue weighted by atomic mass is 9.87. The molecule has 0 unspecified atom stereocenters. The molecule has 0 aliphatic heterocycles. The molecule has 0 bridgehead atoms. The minimum absolute atomic E-state index is 0.460. The summed E-state index contributed by atoms with van der Waals surface area (Å²) >= 11 is 0. The molecular weight excluding hydrogens is 330 g/mol. The Bertz CT molecular complexity index is 1000. The van der Waals surface area contributed by atoms with Gasteiger partial charge in [0.2, 0.25) is 0 Å². The van der Waals surface area contributed by atoms with Gasteiger partial charge in [0.05, 0.1) is 17.5 Å². The van der Waals surface area contributed by atoms with Gasteiger partial charge in [0.1, 0.15) is 5.92 Å². The third-order valence-electron chi connectivity index (χ3n) is 4.52. The van der Waals surface area contributed by atoms with E-state index in [4.69, 9.17) is 0 Å². The highest BCUT2D eigenvalue weighted by Crippen LogP contribution is 2.35. The Labute approximate surface area is 158 Å². The van der Waals surface area contributed by atoms with E-state index in [-0.39, 0.29) is 0 Å². The fourth-order valence-corrected chi connectivity index (χ4v) is 3.28. The van der Waals surface area contributed by atoms with E-state index in [2.05, 4.69) is 16.0 Å². The summed E-state index contributed by atoms with van der Waals surface area (Å²) in [6.07, 6.45) is 3.53. The van der Waals surface area contributed by atoms with Crippen molar-refractivity contribution in [1.29, 1.82) is 5.26 Å². The van der Waals surface area contributed by atoms with Gasteiger partial charge in [-0.25, -0.2) is 0 Å². The van der Waals surface area contributed by atoms with Crippen LogP contribution in [0, 0.1) is 11.3 Å². The van der Waals surface area contributed by atoms with Gasteiger partial charge in [-0.05, 0) is 12.1 Å². The molecule has 0 aliphatic carbocycles. The zero-order valence-corrected chi connectivity index (χ0v) is 14.7. The van der Waals surface area contributed by atoms with E-state index >= 15 is 0 Å². The minimum atomic E-state index is -0.460. The van der Waals surface area contributed by atoms with E-state index in [9.17, 15) is 5.26 Å². The smallest absolute Gasteiger partial charge is 0.100 e. The van der Waals surface area contributed by atoms with Crippen LogP contribution in [0.1, 0.15) is 17.0 Å². The average Bonchev–Trinajstić information content (AvgIpc) is 2.76. The van der Waals surface area contributed by atoms with E-state index in [1.165, 1.54) is 0 Å². The summed E-state index contributed by atoms with van der Waals surface area (Å²) in [7, 11) is 0.